The van der Waals surface area contributed by atoms with Crippen molar-refractivity contribution in [2.75, 3.05) is 5.88 Å². The number of hydrogen-bond donors (Lipinski definition) is 0. The van der Waals surface area contributed by atoms with E-state index in [4.69, 9.17) is 23.2 Å². The van der Waals surface area contributed by atoms with Crippen LogP contribution < -0.4 is 0 Å². The minimum Gasteiger partial charge on any atom is -0.293 e. The maximum absolute atomic E-state index is 12.5. The van der Waals surface area contributed by atoms with Gasteiger partial charge in [-0.25, -0.2) is 0 Å². The first-order valence-corrected chi connectivity index (χ1v) is 5.64. The van der Waals surface area contributed by atoms with Gasteiger partial charge in [0, 0.05) is 4.47 Å². The normalized spacial score (nSPS) is 11.6. The Morgan fingerprint density at radius 3 is 2.38 bits per heavy atom. The summed E-state index contributed by atoms with van der Waals surface area (Å²) in [6.45, 7) is 0. The van der Waals surface area contributed by atoms with Crippen molar-refractivity contribution in [3.8, 4) is 0 Å². The summed E-state index contributed by atoms with van der Waals surface area (Å²) in [5, 5.41) is -0.0643. The highest BCUT2D eigenvalue weighted by Crippen LogP contribution is 2.39. The smallest absolute Gasteiger partial charge is 0.293 e. The van der Waals surface area contributed by atoms with Crippen LogP contribution in [0, 0.1) is 0 Å². The third-order valence-electron chi connectivity index (χ3n) is 1.80. The van der Waals surface area contributed by atoms with E-state index in [0.29, 0.717) is 0 Å². The molecule has 0 aliphatic rings. The number of Topliss-reactive ketones (excluding diaryl/α,β-unsaturated/α-hetero) is 1. The second-order valence-corrected chi connectivity index (χ2v) is 4.31. The van der Waals surface area contributed by atoms with Crippen LogP contribution in [0.4, 0.5) is 13.2 Å². The summed E-state index contributed by atoms with van der Waals surface area (Å²) in [6, 6.07) is 1.83. The number of ketones is 1. The Hall–Kier alpha value is -0.260. The fourth-order valence-corrected chi connectivity index (χ4v) is 2.40. The van der Waals surface area contributed by atoms with Crippen LogP contribution in [0.25, 0.3) is 0 Å². The molecule has 7 heteroatoms. The predicted molar refractivity (Wildman–Crippen MR) is 59.2 cm³/mol. The van der Waals surface area contributed by atoms with Gasteiger partial charge in [-0.1, -0.05) is 11.6 Å². The molecule has 1 aromatic carbocycles. The quantitative estimate of drug-likeness (QED) is 0.572. The van der Waals surface area contributed by atoms with Crippen molar-refractivity contribution in [1.82, 2.24) is 0 Å². The van der Waals surface area contributed by atoms with Gasteiger partial charge in [-0.3, -0.25) is 4.79 Å². The van der Waals surface area contributed by atoms with Crippen molar-refractivity contribution < 1.29 is 18.0 Å². The van der Waals surface area contributed by atoms with Crippen LogP contribution >= 0.6 is 39.1 Å². The number of benzene rings is 1. The Balaban J connectivity index is 3.45. The summed E-state index contributed by atoms with van der Waals surface area (Å²) >= 11 is 13.7. The molecule has 0 aromatic heterocycles. The molecule has 1 rings (SSSR count). The van der Waals surface area contributed by atoms with E-state index in [1.54, 1.807) is 0 Å². The van der Waals surface area contributed by atoms with Gasteiger partial charge in [0.05, 0.1) is 22.0 Å². The molecule has 1 aromatic rings. The van der Waals surface area contributed by atoms with E-state index in [-0.39, 0.29) is 15.1 Å². The zero-order chi connectivity index (χ0) is 12.5. The zero-order valence-corrected chi connectivity index (χ0v) is 10.6. The zero-order valence-electron chi connectivity index (χ0n) is 7.54. The summed E-state index contributed by atoms with van der Waals surface area (Å²) in [5.74, 6) is -1.09. The first kappa shape index (κ1) is 13.8. The number of alkyl halides is 4. The van der Waals surface area contributed by atoms with E-state index in [1.807, 2.05) is 0 Å². The molecule has 0 unspecified atom stereocenters. The van der Waals surface area contributed by atoms with Gasteiger partial charge in [0.2, 0.25) is 0 Å². The molecular formula is C9H4BrCl2F3O. The third kappa shape index (κ3) is 2.70. The van der Waals surface area contributed by atoms with Crippen molar-refractivity contribution >= 4 is 44.9 Å². The predicted octanol–water partition coefficient (Wildman–Crippen LogP) is 4.54. The lowest BCUT2D eigenvalue weighted by atomic mass is 10.1. The molecule has 16 heavy (non-hydrogen) atoms. The van der Waals surface area contributed by atoms with E-state index < -0.39 is 23.4 Å². The summed E-state index contributed by atoms with van der Waals surface area (Å²) in [4.78, 5) is 11.3. The van der Waals surface area contributed by atoms with Gasteiger partial charge in [-0.05, 0) is 28.1 Å². The summed E-state index contributed by atoms with van der Waals surface area (Å²) < 4.78 is 37.2. The average molecular weight is 336 g/mol. The standard InChI is InChI=1S/C9H4BrCl2F3O/c10-8-4(9(13,14)15)1-2-5(12)7(8)6(16)3-11/h1-2H,3H2. The fraction of sp³-hybridized carbons (Fsp3) is 0.222. The van der Waals surface area contributed by atoms with Crippen molar-refractivity contribution in [3.05, 3.63) is 32.8 Å². The van der Waals surface area contributed by atoms with Crippen molar-refractivity contribution in [2.24, 2.45) is 0 Å². The van der Waals surface area contributed by atoms with Gasteiger partial charge in [0.15, 0.2) is 5.78 Å². The average Bonchev–Trinajstić information content (AvgIpc) is 2.15. The second-order valence-electron chi connectivity index (χ2n) is 2.84. The fourth-order valence-electron chi connectivity index (χ4n) is 1.09. The van der Waals surface area contributed by atoms with E-state index >= 15 is 0 Å². The van der Waals surface area contributed by atoms with Crippen LogP contribution in [0.1, 0.15) is 15.9 Å². The first-order chi connectivity index (χ1) is 7.29. The number of carbonyl (C=O) groups excluding carboxylic acids is 1. The second kappa shape index (κ2) is 4.94. The number of hydrogen-bond acceptors (Lipinski definition) is 1. The topological polar surface area (TPSA) is 17.1 Å². The van der Waals surface area contributed by atoms with E-state index in [1.165, 1.54) is 0 Å². The highest BCUT2D eigenvalue weighted by atomic mass is 79.9. The number of rotatable bonds is 2. The number of halogens is 6. The Kier molecular flexibility index (Phi) is 4.26. The van der Waals surface area contributed by atoms with E-state index in [9.17, 15) is 18.0 Å². The van der Waals surface area contributed by atoms with Gasteiger partial charge in [-0.2, -0.15) is 13.2 Å². The Morgan fingerprint density at radius 2 is 1.94 bits per heavy atom. The maximum Gasteiger partial charge on any atom is 0.417 e. The van der Waals surface area contributed by atoms with E-state index in [2.05, 4.69) is 15.9 Å². The molecule has 88 valence electrons. The highest BCUT2D eigenvalue weighted by molar-refractivity contribution is 9.10. The Labute approximate surface area is 108 Å². The van der Waals surface area contributed by atoms with Crippen LogP contribution in [-0.2, 0) is 6.18 Å². The first-order valence-electron chi connectivity index (χ1n) is 3.93. The highest BCUT2D eigenvalue weighted by Gasteiger charge is 2.35. The molecule has 0 fully saturated rings. The monoisotopic (exact) mass is 334 g/mol. The molecule has 0 atom stereocenters. The SMILES string of the molecule is O=C(CCl)c1c(Cl)ccc(C(F)(F)F)c1Br. The van der Waals surface area contributed by atoms with Crippen LogP contribution in [0.5, 0.6) is 0 Å². The summed E-state index contributed by atoms with van der Waals surface area (Å²) in [6.07, 6.45) is -4.55. The molecule has 0 amide bonds. The van der Waals surface area contributed by atoms with Gasteiger partial charge in [0.1, 0.15) is 0 Å². The lowest BCUT2D eigenvalue weighted by Crippen LogP contribution is -2.11. The minimum absolute atomic E-state index is 0.0643. The van der Waals surface area contributed by atoms with Crippen LogP contribution in [-0.4, -0.2) is 11.7 Å². The van der Waals surface area contributed by atoms with Crippen LogP contribution in [0.3, 0.4) is 0 Å². The van der Waals surface area contributed by atoms with Gasteiger partial charge < -0.3 is 0 Å². The lowest BCUT2D eigenvalue weighted by molar-refractivity contribution is -0.138. The lowest BCUT2D eigenvalue weighted by Gasteiger charge is -2.12. The molecule has 0 heterocycles. The van der Waals surface area contributed by atoms with Crippen molar-refractivity contribution in [1.29, 1.82) is 0 Å². The van der Waals surface area contributed by atoms with Gasteiger partial charge in [-0.15, -0.1) is 11.6 Å². The molecule has 0 aliphatic heterocycles. The largest absolute Gasteiger partial charge is 0.417 e. The maximum atomic E-state index is 12.5. The summed E-state index contributed by atoms with van der Waals surface area (Å²) in [5.41, 5.74) is -1.20. The molecule has 0 bridgehead atoms. The molecular weight excluding hydrogens is 332 g/mol. The molecule has 1 nitrogen and oxygen atoms in total. The molecule has 0 aliphatic carbocycles. The Morgan fingerprint density at radius 1 is 1.38 bits per heavy atom. The van der Waals surface area contributed by atoms with E-state index in [0.717, 1.165) is 12.1 Å². The van der Waals surface area contributed by atoms with Crippen LogP contribution in [0.2, 0.25) is 5.02 Å². The molecule has 0 saturated heterocycles. The molecule has 0 radical (unpaired) electrons. The van der Waals surface area contributed by atoms with Crippen LogP contribution in [0.15, 0.2) is 16.6 Å². The van der Waals surface area contributed by atoms with Gasteiger partial charge >= 0.3 is 6.18 Å². The van der Waals surface area contributed by atoms with Gasteiger partial charge in [0.25, 0.3) is 0 Å². The third-order valence-corrected chi connectivity index (χ3v) is 3.18. The number of carbonyl (C=O) groups is 1. The molecule has 0 saturated carbocycles. The molecule has 0 spiro atoms. The Bertz CT molecular complexity index is 431. The molecule has 0 N–H and O–H groups in total. The minimum atomic E-state index is -4.55. The van der Waals surface area contributed by atoms with Crippen molar-refractivity contribution in [2.45, 2.75) is 6.18 Å². The van der Waals surface area contributed by atoms with Crippen molar-refractivity contribution in [3.63, 3.8) is 0 Å². The summed E-state index contributed by atoms with van der Waals surface area (Å²) in [7, 11) is 0.